The summed E-state index contributed by atoms with van der Waals surface area (Å²) < 4.78 is 5.87. The van der Waals surface area contributed by atoms with Gasteiger partial charge in [-0.15, -0.1) is 0 Å². The highest BCUT2D eigenvalue weighted by molar-refractivity contribution is 6.06. The molecule has 0 aromatic heterocycles. The predicted octanol–water partition coefficient (Wildman–Crippen LogP) is 1.42. The van der Waals surface area contributed by atoms with Gasteiger partial charge in [-0.05, 0) is 25.0 Å². The second-order valence-corrected chi connectivity index (χ2v) is 5.02. The summed E-state index contributed by atoms with van der Waals surface area (Å²) in [5, 5.41) is 12.1. The molecule has 0 radical (unpaired) electrons. The number of aromatic hydroxyl groups is 1. The first kappa shape index (κ1) is 15.2. The Labute approximate surface area is 123 Å². The molecule has 114 valence electrons. The SMILES string of the molecule is CCC1(CC)Oc2cc(O)ccc2N(CC(=O)NC)C1=O. The second-order valence-electron chi connectivity index (χ2n) is 5.02. The zero-order valence-corrected chi connectivity index (χ0v) is 12.5. The summed E-state index contributed by atoms with van der Waals surface area (Å²) in [6, 6.07) is 4.52. The number of benzene rings is 1. The van der Waals surface area contributed by atoms with Crippen LogP contribution in [-0.2, 0) is 9.59 Å². The predicted molar refractivity (Wildman–Crippen MR) is 78.5 cm³/mol. The third-order valence-electron chi connectivity index (χ3n) is 3.90. The van der Waals surface area contributed by atoms with E-state index in [1.807, 2.05) is 13.8 Å². The van der Waals surface area contributed by atoms with E-state index < -0.39 is 5.60 Å². The summed E-state index contributed by atoms with van der Waals surface area (Å²) >= 11 is 0. The molecule has 1 aliphatic heterocycles. The van der Waals surface area contributed by atoms with E-state index in [2.05, 4.69) is 5.32 Å². The first-order valence-corrected chi connectivity index (χ1v) is 7.02. The molecule has 0 saturated carbocycles. The van der Waals surface area contributed by atoms with E-state index in [4.69, 9.17) is 4.74 Å². The number of anilines is 1. The Morgan fingerprint density at radius 3 is 2.62 bits per heavy atom. The molecular formula is C15H20N2O4. The fourth-order valence-electron chi connectivity index (χ4n) is 2.49. The van der Waals surface area contributed by atoms with Crippen molar-refractivity contribution in [2.75, 3.05) is 18.5 Å². The number of amides is 2. The Morgan fingerprint density at radius 1 is 1.38 bits per heavy atom. The van der Waals surface area contributed by atoms with Gasteiger partial charge in [0.2, 0.25) is 5.91 Å². The van der Waals surface area contributed by atoms with Crippen LogP contribution >= 0.6 is 0 Å². The first-order valence-electron chi connectivity index (χ1n) is 7.02. The molecule has 1 heterocycles. The van der Waals surface area contributed by atoms with Gasteiger partial charge in [-0.2, -0.15) is 0 Å². The van der Waals surface area contributed by atoms with Gasteiger partial charge < -0.3 is 15.2 Å². The summed E-state index contributed by atoms with van der Waals surface area (Å²) in [6.45, 7) is 3.67. The van der Waals surface area contributed by atoms with Crippen LogP contribution in [0.2, 0.25) is 0 Å². The van der Waals surface area contributed by atoms with E-state index in [-0.39, 0.29) is 24.1 Å². The van der Waals surface area contributed by atoms with Crippen molar-refractivity contribution < 1.29 is 19.4 Å². The van der Waals surface area contributed by atoms with E-state index in [1.54, 1.807) is 6.07 Å². The highest BCUT2D eigenvalue weighted by Gasteiger charge is 2.46. The summed E-state index contributed by atoms with van der Waals surface area (Å²) in [7, 11) is 1.53. The number of phenolic OH excluding ortho intramolecular Hbond substituents is 1. The zero-order chi connectivity index (χ0) is 15.6. The Kier molecular flexibility index (Phi) is 4.06. The number of hydrogen-bond donors (Lipinski definition) is 2. The average Bonchev–Trinajstić information content (AvgIpc) is 2.49. The molecule has 0 spiro atoms. The van der Waals surface area contributed by atoms with Crippen molar-refractivity contribution in [2.24, 2.45) is 0 Å². The molecule has 0 fully saturated rings. The number of nitrogens with zero attached hydrogens (tertiary/aromatic N) is 1. The third-order valence-corrected chi connectivity index (χ3v) is 3.90. The molecule has 0 unspecified atom stereocenters. The van der Waals surface area contributed by atoms with Crippen LogP contribution in [0.15, 0.2) is 18.2 Å². The van der Waals surface area contributed by atoms with Gasteiger partial charge in [-0.1, -0.05) is 13.8 Å². The highest BCUT2D eigenvalue weighted by atomic mass is 16.5. The fourth-order valence-corrected chi connectivity index (χ4v) is 2.49. The Morgan fingerprint density at radius 2 is 2.05 bits per heavy atom. The summed E-state index contributed by atoms with van der Waals surface area (Å²) in [6.07, 6.45) is 0.976. The molecule has 0 atom stereocenters. The van der Waals surface area contributed by atoms with E-state index in [0.29, 0.717) is 24.3 Å². The third kappa shape index (κ3) is 2.53. The minimum Gasteiger partial charge on any atom is -0.508 e. The first-order chi connectivity index (χ1) is 9.97. The number of carbonyl (C=O) groups is 2. The number of fused-ring (bicyclic) bond motifs is 1. The quantitative estimate of drug-likeness (QED) is 0.879. The normalized spacial score (nSPS) is 16.1. The Hall–Kier alpha value is -2.24. The van der Waals surface area contributed by atoms with Gasteiger partial charge >= 0.3 is 0 Å². The van der Waals surface area contributed by atoms with Crippen LogP contribution in [0.5, 0.6) is 11.5 Å². The molecular weight excluding hydrogens is 272 g/mol. The fraction of sp³-hybridized carbons (Fsp3) is 0.467. The molecule has 0 saturated heterocycles. The highest BCUT2D eigenvalue weighted by Crippen LogP contribution is 2.42. The van der Waals surface area contributed by atoms with Crippen LogP contribution in [0.25, 0.3) is 0 Å². The van der Waals surface area contributed by atoms with Crippen molar-refractivity contribution >= 4 is 17.5 Å². The van der Waals surface area contributed by atoms with Gasteiger partial charge in [0, 0.05) is 13.1 Å². The second kappa shape index (κ2) is 5.63. The number of rotatable bonds is 4. The molecule has 1 aromatic rings. The van der Waals surface area contributed by atoms with Crippen LogP contribution in [-0.4, -0.2) is 36.1 Å². The summed E-state index contributed by atoms with van der Waals surface area (Å²) in [4.78, 5) is 25.9. The topological polar surface area (TPSA) is 78.9 Å². The van der Waals surface area contributed by atoms with Gasteiger partial charge in [0.15, 0.2) is 5.60 Å². The van der Waals surface area contributed by atoms with Gasteiger partial charge in [0.25, 0.3) is 5.91 Å². The molecule has 0 aliphatic carbocycles. The number of hydrogen-bond acceptors (Lipinski definition) is 4. The number of ether oxygens (including phenoxy) is 1. The van der Waals surface area contributed by atoms with Crippen molar-refractivity contribution in [1.29, 1.82) is 0 Å². The van der Waals surface area contributed by atoms with E-state index in [0.717, 1.165) is 0 Å². The van der Waals surface area contributed by atoms with E-state index >= 15 is 0 Å². The van der Waals surface area contributed by atoms with Crippen LogP contribution in [0.1, 0.15) is 26.7 Å². The van der Waals surface area contributed by atoms with Crippen molar-refractivity contribution in [3.8, 4) is 11.5 Å². The number of likely N-dealkylation sites (N-methyl/N-ethyl adjacent to an activating group) is 1. The largest absolute Gasteiger partial charge is 0.508 e. The minimum atomic E-state index is -0.991. The minimum absolute atomic E-state index is 0.0594. The molecule has 2 rings (SSSR count). The summed E-state index contributed by atoms with van der Waals surface area (Å²) in [5.74, 6) is -0.00836. The molecule has 2 N–H and O–H groups in total. The Balaban J connectivity index is 2.51. The molecule has 21 heavy (non-hydrogen) atoms. The standard InChI is InChI=1S/C15H20N2O4/c1-4-15(5-2)14(20)17(9-13(19)16-3)11-7-6-10(18)8-12(11)21-15/h6-8,18H,4-5,9H2,1-3H3,(H,16,19). The molecule has 1 aliphatic rings. The lowest BCUT2D eigenvalue weighted by Crippen LogP contribution is -2.57. The average molecular weight is 292 g/mol. The maximum atomic E-state index is 12.8. The van der Waals surface area contributed by atoms with Crippen LogP contribution in [0, 0.1) is 0 Å². The molecule has 2 amide bonds. The van der Waals surface area contributed by atoms with Crippen LogP contribution < -0.4 is 15.0 Å². The Bertz CT molecular complexity index is 567. The van der Waals surface area contributed by atoms with Crippen molar-refractivity contribution in [3.05, 3.63) is 18.2 Å². The maximum absolute atomic E-state index is 12.8. The number of nitrogens with one attached hydrogen (secondary N) is 1. The lowest BCUT2D eigenvalue weighted by atomic mass is 9.92. The van der Waals surface area contributed by atoms with E-state index in [9.17, 15) is 14.7 Å². The van der Waals surface area contributed by atoms with Crippen molar-refractivity contribution in [2.45, 2.75) is 32.3 Å². The maximum Gasteiger partial charge on any atom is 0.271 e. The lowest BCUT2D eigenvalue weighted by molar-refractivity contribution is -0.137. The molecule has 0 bridgehead atoms. The molecule has 6 heteroatoms. The number of carbonyl (C=O) groups excluding carboxylic acids is 2. The van der Waals surface area contributed by atoms with E-state index in [1.165, 1.54) is 24.1 Å². The van der Waals surface area contributed by atoms with Crippen molar-refractivity contribution in [3.63, 3.8) is 0 Å². The zero-order valence-electron chi connectivity index (χ0n) is 12.5. The smallest absolute Gasteiger partial charge is 0.271 e. The van der Waals surface area contributed by atoms with Gasteiger partial charge in [-0.3, -0.25) is 14.5 Å². The van der Waals surface area contributed by atoms with Crippen LogP contribution in [0.3, 0.4) is 0 Å². The number of phenols is 1. The van der Waals surface area contributed by atoms with Crippen molar-refractivity contribution in [1.82, 2.24) is 5.32 Å². The van der Waals surface area contributed by atoms with Crippen LogP contribution in [0.4, 0.5) is 5.69 Å². The van der Waals surface area contributed by atoms with Gasteiger partial charge in [0.1, 0.15) is 18.0 Å². The van der Waals surface area contributed by atoms with Gasteiger partial charge in [-0.25, -0.2) is 0 Å². The lowest BCUT2D eigenvalue weighted by Gasteiger charge is -2.41. The molecule has 1 aromatic carbocycles. The summed E-state index contributed by atoms with van der Waals surface area (Å²) in [5.41, 5.74) is -0.492. The van der Waals surface area contributed by atoms with Gasteiger partial charge in [0.05, 0.1) is 5.69 Å². The molecule has 6 nitrogen and oxygen atoms in total. The monoisotopic (exact) mass is 292 g/mol.